The fourth-order valence-corrected chi connectivity index (χ4v) is 8.21. The SMILES string of the molecule is Cc1cc(C(=O)Cc2ccc(S(N)(=O)=O)c(C)c2)ccc1-c1ccccc1C(F)(F)F.Cc1cc(C(=O)Cc2ccc(S(N)(=O)=O)c(O)c2)ccc1-c1ccccc1C(F)(F)F. The van der Waals surface area contributed by atoms with Gasteiger partial charge in [0.2, 0.25) is 20.0 Å². The van der Waals surface area contributed by atoms with E-state index in [0.29, 0.717) is 44.5 Å². The van der Waals surface area contributed by atoms with Crippen molar-refractivity contribution in [3.63, 3.8) is 0 Å². The van der Waals surface area contributed by atoms with Gasteiger partial charge in [0.25, 0.3) is 0 Å². The number of Topliss-reactive ketones (excluding diaryl/α,β-unsaturated/α-hetero) is 2. The van der Waals surface area contributed by atoms with Gasteiger partial charge in [0.05, 0.1) is 16.0 Å². The number of nitrogens with two attached hydrogens (primary N) is 2. The highest BCUT2D eigenvalue weighted by Crippen LogP contribution is 2.40. The summed E-state index contributed by atoms with van der Waals surface area (Å²) in [5.41, 5.74) is 2.43. The number of benzene rings is 6. The van der Waals surface area contributed by atoms with Crippen molar-refractivity contribution < 1.29 is 57.9 Å². The summed E-state index contributed by atoms with van der Waals surface area (Å²) in [5, 5.41) is 20.0. The first-order valence-corrected chi connectivity index (χ1v) is 21.4. The van der Waals surface area contributed by atoms with E-state index in [1.165, 1.54) is 84.9 Å². The molecule has 6 aromatic rings. The molecule has 0 aliphatic carbocycles. The molecule has 0 saturated carbocycles. The Morgan fingerprint density at radius 3 is 1.24 bits per heavy atom. The van der Waals surface area contributed by atoms with E-state index in [9.17, 15) is 57.9 Å². The molecule has 0 radical (unpaired) electrons. The number of phenols is 1. The van der Waals surface area contributed by atoms with Crippen LogP contribution in [0, 0.1) is 20.8 Å². The molecule has 5 N–H and O–H groups in total. The van der Waals surface area contributed by atoms with Gasteiger partial charge in [-0.3, -0.25) is 9.59 Å². The second-order valence-corrected chi connectivity index (χ2v) is 17.4. The Bertz CT molecular complexity index is 2730. The molecule has 0 aromatic heterocycles. The van der Waals surface area contributed by atoms with Crippen LogP contribution in [0.15, 0.2) is 131 Å². The number of hydrogen-bond acceptors (Lipinski definition) is 7. The van der Waals surface area contributed by atoms with Gasteiger partial charge in [0, 0.05) is 24.0 Å². The van der Waals surface area contributed by atoms with Gasteiger partial charge >= 0.3 is 12.4 Å². The van der Waals surface area contributed by atoms with E-state index in [-0.39, 0.29) is 46.0 Å². The van der Waals surface area contributed by atoms with Crippen LogP contribution in [-0.4, -0.2) is 33.5 Å². The van der Waals surface area contributed by atoms with Crippen molar-refractivity contribution in [1.82, 2.24) is 0 Å². The van der Waals surface area contributed by atoms with Gasteiger partial charge in [-0.25, -0.2) is 27.1 Å². The lowest BCUT2D eigenvalue weighted by atomic mass is 9.92. The van der Waals surface area contributed by atoms with Crippen molar-refractivity contribution in [2.75, 3.05) is 0 Å². The molecule has 17 heteroatoms. The minimum atomic E-state index is -4.51. The number of carbonyl (C=O) groups excluding carboxylic acids is 2. The number of aryl methyl sites for hydroxylation is 3. The molecule has 324 valence electrons. The van der Waals surface area contributed by atoms with E-state index in [1.807, 2.05) is 0 Å². The smallest absolute Gasteiger partial charge is 0.417 e. The zero-order valence-corrected chi connectivity index (χ0v) is 34.7. The normalized spacial score (nSPS) is 12.0. The molecule has 0 aliphatic heterocycles. The Morgan fingerprint density at radius 1 is 0.500 bits per heavy atom. The zero-order chi connectivity index (χ0) is 45.9. The molecule has 0 amide bonds. The van der Waals surface area contributed by atoms with Gasteiger partial charge in [-0.2, -0.15) is 26.3 Å². The van der Waals surface area contributed by atoms with Crippen LogP contribution in [-0.2, 0) is 45.2 Å². The molecule has 6 aromatic carbocycles. The van der Waals surface area contributed by atoms with Crippen LogP contribution in [0.3, 0.4) is 0 Å². The van der Waals surface area contributed by atoms with Gasteiger partial charge in [-0.15, -0.1) is 0 Å². The Kier molecular flexibility index (Phi) is 13.7. The van der Waals surface area contributed by atoms with E-state index in [1.54, 1.807) is 32.9 Å². The van der Waals surface area contributed by atoms with Gasteiger partial charge in [-0.1, -0.05) is 78.9 Å². The fourth-order valence-electron chi connectivity index (χ4n) is 6.84. The van der Waals surface area contributed by atoms with E-state index >= 15 is 0 Å². The maximum absolute atomic E-state index is 13.4. The topological polar surface area (TPSA) is 175 Å². The first kappa shape index (κ1) is 46.9. The third-order valence-corrected chi connectivity index (χ3v) is 11.8. The quantitative estimate of drug-likeness (QED) is 0.0907. The van der Waals surface area contributed by atoms with E-state index in [0.717, 1.165) is 24.3 Å². The Hall–Kier alpha value is -6.14. The monoisotopic (exact) mass is 896 g/mol. The summed E-state index contributed by atoms with van der Waals surface area (Å²) in [5.74, 6) is -1.15. The number of ketones is 2. The Labute approximate surface area is 353 Å². The minimum Gasteiger partial charge on any atom is -0.507 e. The number of phenolic OH excluding ortho intramolecular Hbond substituents is 1. The standard InChI is InChI=1S/C23H20F3NO3S.C22H18F3NO4S/c1-14-12-17(8-9-18(14)19-5-3-4-6-20(19)23(24,25)26)21(28)13-16-7-10-22(15(2)11-16)31(27,29)30;1-13-10-15(7-8-16(13)17-4-2-3-5-18(17)22(23,24)25)19(27)11-14-6-9-21(20(28)12-14)31(26,29)30/h3-12H,13H2,1-2H3,(H2,27,29,30);2-10,12,28H,11H2,1H3,(H2,26,29,30). The van der Waals surface area contributed by atoms with E-state index in [2.05, 4.69) is 0 Å². The summed E-state index contributed by atoms with van der Waals surface area (Å²) < 4.78 is 126. The van der Waals surface area contributed by atoms with E-state index < -0.39 is 54.2 Å². The van der Waals surface area contributed by atoms with Crippen LogP contribution in [0.1, 0.15) is 59.7 Å². The molecule has 0 unspecified atom stereocenters. The van der Waals surface area contributed by atoms with Crippen molar-refractivity contribution in [2.24, 2.45) is 10.3 Å². The first-order chi connectivity index (χ1) is 28.8. The van der Waals surface area contributed by atoms with Crippen molar-refractivity contribution in [1.29, 1.82) is 0 Å². The van der Waals surface area contributed by atoms with Crippen molar-refractivity contribution in [2.45, 2.75) is 55.8 Å². The van der Waals surface area contributed by atoms with Crippen LogP contribution in [0.25, 0.3) is 22.3 Å². The number of halogens is 6. The average molecular weight is 897 g/mol. The first-order valence-electron chi connectivity index (χ1n) is 18.3. The lowest BCUT2D eigenvalue weighted by molar-refractivity contribution is -0.137. The Balaban J connectivity index is 0.000000234. The van der Waals surface area contributed by atoms with Gasteiger partial charge < -0.3 is 5.11 Å². The Morgan fingerprint density at radius 2 is 0.887 bits per heavy atom. The highest BCUT2D eigenvalue weighted by atomic mass is 32.2. The van der Waals surface area contributed by atoms with Crippen molar-refractivity contribution >= 4 is 31.6 Å². The number of carbonyl (C=O) groups is 2. The number of alkyl halides is 6. The largest absolute Gasteiger partial charge is 0.507 e. The number of aromatic hydroxyl groups is 1. The summed E-state index contributed by atoms with van der Waals surface area (Å²) in [7, 11) is -7.94. The fraction of sp³-hybridized carbons (Fsp3) is 0.156. The van der Waals surface area contributed by atoms with Crippen LogP contribution in [0.2, 0.25) is 0 Å². The highest BCUT2D eigenvalue weighted by Gasteiger charge is 2.34. The summed E-state index contributed by atoms with van der Waals surface area (Å²) in [6.45, 7) is 4.86. The maximum Gasteiger partial charge on any atom is 0.417 e. The second-order valence-electron chi connectivity index (χ2n) is 14.3. The van der Waals surface area contributed by atoms with Gasteiger partial charge in [0.15, 0.2) is 11.6 Å². The third kappa shape index (κ3) is 11.2. The average Bonchev–Trinajstić information content (AvgIpc) is 3.16. The van der Waals surface area contributed by atoms with Gasteiger partial charge in [0.1, 0.15) is 10.6 Å². The molecule has 0 heterocycles. The third-order valence-electron chi connectivity index (χ3n) is 9.75. The second kappa shape index (κ2) is 18.1. The molecule has 0 atom stereocenters. The van der Waals surface area contributed by atoms with Crippen molar-refractivity contribution in [3.05, 3.63) is 171 Å². The molecule has 0 saturated heterocycles. The minimum absolute atomic E-state index is 0.00720. The number of sulfonamides is 2. The number of hydrogen-bond donors (Lipinski definition) is 3. The predicted molar refractivity (Wildman–Crippen MR) is 221 cm³/mol. The molecule has 6 rings (SSSR count). The number of rotatable bonds is 10. The molecule has 9 nitrogen and oxygen atoms in total. The highest BCUT2D eigenvalue weighted by molar-refractivity contribution is 7.89. The molecular weight excluding hydrogens is 859 g/mol. The summed E-state index contributed by atoms with van der Waals surface area (Å²) in [6.07, 6.45) is -9.12. The molecule has 0 fully saturated rings. The van der Waals surface area contributed by atoms with Crippen LogP contribution in [0.5, 0.6) is 5.75 Å². The summed E-state index contributed by atoms with van der Waals surface area (Å²) in [6, 6.07) is 27.6. The van der Waals surface area contributed by atoms with Crippen LogP contribution < -0.4 is 10.3 Å². The molecule has 62 heavy (non-hydrogen) atoms. The van der Waals surface area contributed by atoms with Crippen molar-refractivity contribution in [3.8, 4) is 28.0 Å². The maximum atomic E-state index is 13.4. The lowest BCUT2D eigenvalue weighted by Crippen LogP contribution is -2.14. The number of primary sulfonamides is 2. The molecular formula is C45H38F6N2O7S2. The van der Waals surface area contributed by atoms with Crippen LogP contribution >= 0.6 is 0 Å². The van der Waals surface area contributed by atoms with E-state index in [4.69, 9.17) is 10.3 Å². The zero-order valence-electron chi connectivity index (χ0n) is 33.1. The molecule has 0 spiro atoms. The van der Waals surface area contributed by atoms with Gasteiger partial charge in [-0.05, 0) is 113 Å². The molecule has 0 bridgehead atoms. The summed E-state index contributed by atoms with van der Waals surface area (Å²) >= 11 is 0. The van der Waals surface area contributed by atoms with Crippen LogP contribution in [0.4, 0.5) is 26.3 Å². The lowest BCUT2D eigenvalue weighted by Gasteiger charge is -2.15. The molecule has 0 aliphatic rings. The summed E-state index contributed by atoms with van der Waals surface area (Å²) in [4.78, 5) is 24.9. The predicted octanol–water partition coefficient (Wildman–Crippen LogP) is 9.52.